The van der Waals surface area contributed by atoms with Crippen LogP contribution in [0, 0.1) is 6.92 Å². The Kier molecular flexibility index (Phi) is 1.37. The van der Waals surface area contributed by atoms with E-state index in [4.69, 9.17) is 10.2 Å². The quantitative estimate of drug-likeness (QED) is 0.613. The van der Waals surface area contributed by atoms with E-state index in [1.54, 1.807) is 0 Å². The third kappa shape index (κ3) is 0.834. The molecule has 0 amide bonds. The van der Waals surface area contributed by atoms with Crippen LogP contribution in [0.2, 0.25) is 0 Å². The standard InChI is InChI=1S/C6H6O4/c1-3-5(7)4(2-10-3)6(8)9/h2,7H,1H3,(H,8,9). The van der Waals surface area contributed by atoms with Gasteiger partial charge in [0.25, 0.3) is 0 Å². The fourth-order valence-electron chi connectivity index (χ4n) is 0.600. The first-order valence-electron chi connectivity index (χ1n) is 2.63. The monoisotopic (exact) mass is 142 g/mol. The molecule has 4 nitrogen and oxygen atoms in total. The molecule has 0 fully saturated rings. The van der Waals surface area contributed by atoms with E-state index in [1.807, 2.05) is 0 Å². The van der Waals surface area contributed by atoms with E-state index in [0.717, 1.165) is 6.26 Å². The van der Waals surface area contributed by atoms with Crippen LogP contribution in [0.4, 0.5) is 0 Å². The van der Waals surface area contributed by atoms with Gasteiger partial charge < -0.3 is 14.6 Å². The molecular weight excluding hydrogens is 136 g/mol. The topological polar surface area (TPSA) is 70.7 Å². The van der Waals surface area contributed by atoms with Gasteiger partial charge in [-0.15, -0.1) is 0 Å². The Balaban J connectivity index is 3.17. The smallest absolute Gasteiger partial charge is 0.342 e. The SMILES string of the molecule is Cc1occ(C(=O)O)c1O. The summed E-state index contributed by atoms with van der Waals surface area (Å²) in [5, 5.41) is 17.3. The van der Waals surface area contributed by atoms with Crippen molar-refractivity contribution in [1.82, 2.24) is 0 Å². The minimum Gasteiger partial charge on any atom is -0.504 e. The van der Waals surface area contributed by atoms with Gasteiger partial charge in [0.2, 0.25) is 0 Å². The third-order valence-corrected chi connectivity index (χ3v) is 1.17. The number of hydrogen-bond donors (Lipinski definition) is 2. The highest BCUT2D eigenvalue weighted by molar-refractivity contribution is 5.90. The molecule has 1 heterocycles. The molecule has 10 heavy (non-hydrogen) atoms. The van der Waals surface area contributed by atoms with Crippen LogP contribution in [-0.4, -0.2) is 16.2 Å². The van der Waals surface area contributed by atoms with E-state index in [-0.39, 0.29) is 17.1 Å². The molecule has 4 heteroatoms. The molecule has 54 valence electrons. The number of furan rings is 1. The Morgan fingerprint density at radius 3 is 2.50 bits per heavy atom. The molecular formula is C6H6O4. The van der Waals surface area contributed by atoms with Crippen LogP contribution in [0.25, 0.3) is 0 Å². The Morgan fingerprint density at radius 2 is 2.30 bits per heavy atom. The molecule has 1 rings (SSSR count). The number of hydrogen-bond acceptors (Lipinski definition) is 3. The van der Waals surface area contributed by atoms with Crippen molar-refractivity contribution in [3.8, 4) is 5.75 Å². The van der Waals surface area contributed by atoms with Gasteiger partial charge in [0, 0.05) is 0 Å². The fraction of sp³-hybridized carbons (Fsp3) is 0.167. The summed E-state index contributed by atoms with van der Waals surface area (Å²) in [5.74, 6) is -1.26. The number of aromatic hydroxyl groups is 1. The highest BCUT2D eigenvalue weighted by Gasteiger charge is 2.14. The Hall–Kier alpha value is -1.45. The average molecular weight is 142 g/mol. The molecule has 1 aromatic heterocycles. The Morgan fingerprint density at radius 1 is 1.70 bits per heavy atom. The van der Waals surface area contributed by atoms with Crippen LogP contribution in [-0.2, 0) is 0 Å². The fourth-order valence-corrected chi connectivity index (χ4v) is 0.600. The lowest BCUT2D eigenvalue weighted by Gasteiger charge is -1.86. The van der Waals surface area contributed by atoms with E-state index in [9.17, 15) is 4.79 Å². The van der Waals surface area contributed by atoms with Crippen LogP contribution in [0.5, 0.6) is 5.75 Å². The van der Waals surface area contributed by atoms with Gasteiger partial charge in [-0.1, -0.05) is 0 Å². The summed E-state index contributed by atoms with van der Waals surface area (Å²) in [6.45, 7) is 1.49. The Labute approximate surface area is 56.7 Å². The normalized spacial score (nSPS) is 9.70. The largest absolute Gasteiger partial charge is 0.504 e. The molecule has 1 aromatic rings. The van der Waals surface area contributed by atoms with Crippen molar-refractivity contribution in [2.24, 2.45) is 0 Å². The molecule has 0 aliphatic rings. The van der Waals surface area contributed by atoms with Crippen LogP contribution < -0.4 is 0 Å². The van der Waals surface area contributed by atoms with E-state index >= 15 is 0 Å². The van der Waals surface area contributed by atoms with Crippen LogP contribution in [0.1, 0.15) is 16.1 Å². The maximum atomic E-state index is 10.2. The summed E-state index contributed by atoms with van der Waals surface area (Å²) in [7, 11) is 0. The van der Waals surface area contributed by atoms with Gasteiger partial charge in [0.05, 0.1) is 0 Å². The second-order valence-corrected chi connectivity index (χ2v) is 1.86. The number of carboxylic acid groups (broad SMARTS) is 1. The zero-order valence-corrected chi connectivity index (χ0v) is 5.29. The molecule has 0 spiro atoms. The van der Waals surface area contributed by atoms with Gasteiger partial charge in [-0.2, -0.15) is 0 Å². The zero-order chi connectivity index (χ0) is 7.72. The minimum absolute atomic E-state index is 0.197. The average Bonchev–Trinajstić information content (AvgIpc) is 2.14. The molecule has 0 atom stereocenters. The molecule has 0 aliphatic heterocycles. The van der Waals surface area contributed by atoms with E-state index < -0.39 is 5.97 Å². The number of rotatable bonds is 1. The second kappa shape index (κ2) is 2.06. The molecule has 0 bridgehead atoms. The lowest BCUT2D eigenvalue weighted by atomic mass is 10.3. The van der Waals surface area contributed by atoms with Crippen molar-refractivity contribution >= 4 is 5.97 Å². The number of aromatic carboxylic acids is 1. The van der Waals surface area contributed by atoms with E-state index in [1.165, 1.54) is 6.92 Å². The predicted molar refractivity (Wildman–Crippen MR) is 32.1 cm³/mol. The van der Waals surface area contributed by atoms with Crippen molar-refractivity contribution in [2.75, 3.05) is 0 Å². The number of carbonyl (C=O) groups is 1. The van der Waals surface area contributed by atoms with E-state index in [0.29, 0.717) is 0 Å². The maximum absolute atomic E-state index is 10.2. The van der Waals surface area contributed by atoms with Crippen LogP contribution in [0.15, 0.2) is 10.7 Å². The van der Waals surface area contributed by atoms with Crippen molar-refractivity contribution in [1.29, 1.82) is 0 Å². The van der Waals surface area contributed by atoms with Gasteiger partial charge in [-0.25, -0.2) is 4.79 Å². The first-order chi connectivity index (χ1) is 4.63. The lowest BCUT2D eigenvalue weighted by molar-refractivity contribution is 0.0693. The van der Waals surface area contributed by atoms with Gasteiger partial charge in [0.15, 0.2) is 5.75 Å². The van der Waals surface area contributed by atoms with Crippen molar-refractivity contribution in [3.05, 3.63) is 17.6 Å². The predicted octanol–water partition coefficient (Wildman–Crippen LogP) is 0.992. The molecule has 0 saturated carbocycles. The summed E-state index contributed by atoms with van der Waals surface area (Å²) in [6.07, 6.45) is 1.01. The van der Waals surface area contributed by atoms with Gasteiger partial charge in [0.1, 0.15) is 17.6 Å². The van der Waals surface area contributed by atoms with Crippen molar-refractivity contribution < 1.29 is 19.4 Å². The molecule has 0 saturated heterocycles. The van der Waals surface area contributed by atoms with Gasteiger partial charge in [-0.05, 0) is 6.92 Å². The summed E-state index contributed by atoms with van der Waals surface area (Å²) in [4.78, 5) is 10.2. The summed E-state index contributed by atoms with van der Waals surface area (Å²) in [5.41, 5.74) is -0.197. The van der Waals surface area contributed by atoms with Crippen LogP contribution in [0.3, 0.4) is 0 Å². The molecule has 0 aliphatic carbocycles. The second-order valence-electron chi connectivity index (χ2n) is 1.86. The molecule has 2 N–H and O–H groups in total. The minimum atomic E-state index is -1.19. The van der Waals surface area contributed by atoms with Crippen LogP contribution >= 0.6 is 0 Å². The number of aryl methyl sites for hydroxylation is 1. The Bertz CT molecular complexity index is 261. The third-order valence-electron chi connectivity index (χ3n) is 1.17. The van der Waals surface area contributed by atoms with Gasteiger partial charge in [-0.3, -0.25) is 0 Å². The van der Waals surface area contributed by atoms with E-state index in [2.05, 4.69) is 4.42 Å². The number of carboxylic acids is 1. The lowest BCUT2D eigenvalue weighted by Crippen LogP contribution is -1.92. The molecule has 0 aromatic carbocycles. The molecule has 0 unspecified atom stereocenters. The first-order valence-corrected chi connectivity index (χ1v) is 2.63. The maximum Gasteiger partial charge on any atom is 0.342 e. The summed E-state index contributed by atoms with van der Waals surface area (Å²) in [6, 6.07) is 0. The summed E-state index contributed by atoms with van der Waals surface area (Å²) >= 11 is 0. The van der Waals surface area contributed by atoms with Crippen molar-refractivity contribution in [3.63, 3.8) is 0 Å². The highest BCUT2D eigenvalue weighted by atomic mass is 16.4. The first kappa shape index (κ1) is 6.67. The zero-order valence-electron chi connectivity index (χ0n) is 5.29. The highest BCUT2D eigenvalue weighted by Crippen LogP contribution is 2.22. The summed E-state index contributed by atoms with van der Waals surface area (Å²) < 4.78 is 4.63. The molecule has 0 radical (unpaired) electrons. The van der Waals surface area contributed by atoms with Crippen molar-refractivity contribution in [2.45, 2.75) is 6.92 Å². The van der Waals surface area contributed by atoms with Gasteiger partial charge >= 0.3 is 5.97 Å².